The molecule has 1 atom stereocenters. The molecule has 3 heterocycles. The third-order valence-electron chi connectivity index (χ3n) is 5.56. The average Bonchev–Trinajstić information content (AvgIpc) is 3.41. The topological polar surface area (TPSA) is 82.1 Å². The lowest BCUT2D eigenvalue weighted by Crippen LogP contribution is -2.29. The summed E-state index contributed by atoms with van der Waals surface area (Å²) in [5, 5.41) is 0.399. The number of amides is 1. The van der Waals surface area contributed by atoms with Gasteiger partial charge in [-0.25, -0.2) is 0 Å². The van der Waals surface area contributed by atoms with E-state index in [2.05, 4.69) is 15.9 Å². The number of carbonyl (C=O) groups is 1. The van der Waals surface area contributed by atoms with Gasteiger partial charge >= 0.3 is 0 Å². The Labute approximate surface area is 191 Å². The smallest absolute Gasteiger partial charge is 0.291 e. The van der Waals surface area contributed by atoms with E-state index in [1.54, 1.807) is 60.7 Å². The van der Waals surface area contributed by atoms with Gasteiger partial charge in [-0.15, -0.1) is 0 Å². The second-order valence-electron chi connectivity index (χ2n) is 7.34. The van der Waals surface area contributed by atoms with Crippen molar-refractivity contribution < 1.29 is 23.1 Å². The summed E-state index contributed by atoms with van der Waals surface area (Å²) in [4.78, 5) is 28.6. The number of methoxy groups -OCH3 is 2. The highest BCUT2D eigenvalue weighted by molar-refractivity contribution is 9.10. The van der Waals surface area contributed by atoms with E-state index < -0.39 is 6.04 Å². The fourth-order valence-corrected chi connectivity index (χ4v) is 4.46. The molecule has 0 saturated heterocycles. The first kappa shape index (κ1) is 20.4. The van der Waals surface area contributed by atoms with Crippen molar-refractivity contribution in [3.05, 3.63) is 92.1 Å². The van der Waals surface area contributed by atoms with Crippen molar-refractivity contribution in [3.8, 4) is 11.5 Å². The SMILES string of the molecule is COc1ccc(C2c3c(oc4ccc(Br)cc4c3=O)C(=O)N2Cc2ccco2)cc1OC. The summed E-state index contributed by atoms with van der Waals surface area (Å²) in [6.07, 6.45) is 1.55. The van der Waals surface area contributed by atoms with Gasteiger partial charge in [0.05, 0.1) is 44.0 Å². The maximum Gasteiger partial charge on any atom is 0.291 e. The van der Waals surface area contributed by atoms with Crippen molar-refractivity contribution in [1.82, 2.24) is 4.90 Å². The van der Waals surface area contributed by atoms with Crippen LogP contribution in [0.1, 0.15) is 33.5 Å². The van der Waals surface area contributed by atoms with Crippen LogP contribution >= 0.6 is 15.9 Å². The number of halogens is 1. The van der Waals surface area contributed by atoms with Gasteiger partial charge in [0.15, 0.2) is 16.9 Å². The fourth-order valence-electron chi connectivity index (χ4n) is 4.10. The van der Waals surface area contributed by atoms with Gasteiger partial charge in [0.2, 0.25) is 5.76 Å². The van der Waals surface area contributed by atoms with Crippen LogP contribution in [0.4, 0.5) is 0 Å². The Kier molecular flexibility index (Phi) is 5.01. The number of ether oxygens (including phenoxy) is 2. The molecule has 162 valence electrons. The summed E-state index contributed by atoms with van der Waals surface area (Å²) in [5.41, 5.74) is 1.09. The quantitative estimate of drug-likeness (QED) is 0.391. The van der Waals surface area contributed by atoms with Crippen molar-refractivity contribution in [3.63, 3.8) is 0 Å². The van der Waals surface area contributed by atoms with Crippen LogP contribution in [0.2, 0.25) is 0 Å². The number of fused-ring (bicyclic) bond motifs is 2. The molecule has 1 aliphatic heterocycles. The molecular formula is C24H18BrNO6. The van der Waals surface area contributed by atoms with Crippen molar-refractivity contribution in [1.29, 1.82) is 0 Å². The Morgan fingerprint density at radius 1 is 1.03 bits per heavy atom. The molecule has 2 aromatic carbocycles. The van der Waals surface area contributed by atoms with E-state index in [4.69, 9.17) is 18.3 Å². The second kappa shape index (κ2) is 7.87. The highest BCUT2D eigenvalue weighted by Gasteiger charge is 2.43. The maximum atomic E-state index is 13.6. The minimum atomic E-state index is -0.679. The zero-order chi connectivity index (χ0) is 22.4. The average molecular weight is 496 g/mol. The molecule has 2 aromatic heterocycles. The van der Waals surface area contributed by atoms with Gasteiger partial charge in [-0.05, 0) is 48.0 Å². The number of rotatable bonds is 5. The highest BCUT2D eigenvalue weighted by Crippen LogP contribution is 2.41. The number of hydrogen-bond acceptors (Lipinski definition) is 6. The third-order valence-corrected chi connectivity index (χ3v) is 6.05. The Bertz CT molecular complexity index is 1390. The van der Waals surface area contributed by atoms with Crippen LogP contribution in [0.5, 0.6) is 11.5 Å². The molecule has 0 bridgehead atoms. The normalized spacial score (nSPS) is 15.3. The number of carbonyl (C=O) groups excluding carboxylic acids is 1. The number of nitrogens with zero attached hydrogens (tertiary/aromatic N) is 1. The largest absolute Gasteiger partial charge is 0.493 e. The van der Waals surface area contributed by atoms with Gasteiger partial charge in [0.25, 0.3) is 5.91 Å². The Morgan fingerprint density at radius 3 is 2.56 bits per heavy atom. The molecule has 0 spiro atoms. The first-order chi connectivity index (χ1) is 15.5. The van der Waals surface area contributed by atoms with Crippen LogP contribution in [0.3, 0.4) is 0 Å². The Hall–Kier alpha value is -3.52. The van der Waals surface area contributed by atoms with Crippen molar-refractivity contribution >= 4 is 32.8 Å². The predicted octanol–water partition coefficient (Wildman–Crippen LogP) is 4.91. The Morgan fingerprint density at radius 2 is 1.84 bits per heavy atom. The molecule has 32 heavy (non-hydrogen) atoms. The van der Waals surface area contributed by atoms with Crippen molar-refractivity contribution in [2.75, 3.05) is 14.2 Å². The summed E-state index contributed by atoms with van der Waals surface area (Å²) in [6.45, 7) is 0.175. The van der Waals surface area contributed by atoms with Crippen LogP contribution < -0.4 is 14.9 Å². The van der Waals surface area contributed by atoms with Crippen LogP contribution in [0, 0.1) is 0 Å². The molecule has 1 aliphatic rings. The first-order valence-electron chi connectivity index (χ1n) is 9.83. The summed E-state index contributed by atoms with van der Waals surface area (Å²) in [6, 6.07) is 13.3. The second-order valence-corrected chi connectivity index (χ2v) is 8.26. The zero-order valence-electron chi connectivity index (χ0n) is 17.3. The molecule has 0 N–H and O–H groups in total. The van der Waals surface area contributed by atoms with E-state index in [0.717, 1.165) is 4.47 Å². The van der Waals surface area contributed by atoms with Gasteiger partial charge in [-0.1, -0.05) is 22.0 Å². The van der Waals surface area contributed by atoms with Gasteiger partial charge in [-0.2, -0.15) is 0 Å². The number of hydrogen-bond donors (Lipinski definition) is 0. The Balaban J connectivity index is 1.75. The minimum absolute atomic E-state index is 0.0381. The van der Waals surface area contributed by atoms with E-state index >= 15 is 0 Å². The molecule has 8 heteroatoms. The van der Waals surface area contributed by atoms with Gasteiger partial charge in [0.1, 0.15) is 11.3 Å². The van der Waals surface area contributed by atoms with Crippen molar-refractivity contribution in [2.45, 2.75) is 12.6 Å². The van der Waals surface area contributed by atoms with E-state index in [9.17, 15) is 9.59 Å². The van der Waals surface area contributed by atoms with Crippen LogP contribution in [0.15, 0.2) is 72.9 Å². The van der Waals surface area contributed by atoms with E-state index in [0.29, 0.717) is 39.4 Å². The predicted molar refractivity (Wildman–Crippen MR) is 120 cm³/mol. The summed E-state index contributed by atoms with van der Waals surface area (Å²) in [7, 11) is 3.09. The monoisotopic (exact) mass is 495 g/mol. The fraction of sp³-hybridized carbons (Fsp3) is 0.167. The van der Waals surface area contributed by atoms with Crippen LogP contribution in [0.25, 0.3) is 11.0 Å². The molecule has 4 aromatic rings. The van der Waals surface area contributed by atoms with Gasteiger partial charge in [0, 0.05) is 4.47 Å². The summed E-state index contributed by atoms with van der Waals surface area (Å²) < 4.78 is 23.0. The molecule has 0 fully saturated rings. The third kappa shape index (κ3) is 3.18. The van der Waals surface area contributed by atoms with Crippen molar-refractivity contribution in [2.24, 2.45) is 0 Å². The molecule has 1 unspecified atom stereocenters. The highest BCUT2D eigenvalue weighted by atomic mass is 79.9. The molecule has 0 saturated carbocycles. The summed E-state index contributed by atoms with van der Waals surface area (Å²) in [5.74, 6) is 1.30. The first-order valence-corrected chi connectivity index (χ1v) is 10.6. The summed E-state index contributed by atoms with van der Waals surface area (Å²) >= 11 is 3.40. The maximum absolute atomic E-state index is 13.6. The molecule has 7 nitrogen and oxygen atoms in total. The van der Waals surface area contributed by atoms with E-state index in [1.165, 1.54) is 7.11 Å². The van der Waals surface area contributed by atoms with E-state index in [-0.39, 0.29) is 23.6 Å². The van der Waals surface area contributed by atoms with Gasteiger partial charge in [-0.3, -0.25) is 9.59 Å². The lowest BCUT2D eigenvalue weighted by atomic mass is 9.98. The molecule has 5 rings (SSSR count). The molecule has 0 aliphatic carbocycles. The molecule has 0 radical (unpaired) electrons. The zero-order valence-corrected chi connectivity index (χ0v) is 18.8. The lowest BCUT2D eigenvalue weighted by molar-refractivity contribution is 0.0701. The number of furan rings is 1. The standard InChI is InChI=1S/C24H18BrNO6/c1-29-18-7-5-13(10-19(18)30-2)21-20-22(27)16-11-14(25)6-8-17(16)32-23(20)24(28)26(21)12-15-4-3-9-31-15/h3-11,21H,12H2,1-2H3. The minimum Gasteiger partial charge on any atom is -0.493 e. The van der Waals surface area contributed by atoms with Gasteiger partial charge < -0.3 is 23.2 Å². The number of benzene rings is 2. The van der Waals surface area contributed by atoms with E-state index in [1.807, 2.05) is 6.07 Å². The lowest BCUT2D eigenvalue weighted by Gasteiger charge is -2.25. The van der Waals surface area contributed by atoms with Crippen LogP contribution in [-0.4, -0.2) is 25.0 Å². The van der Waals surface area contributed by atoms with Crippen LogP contribution in [-0.2, 0) is 6.54 Å². The molecule has 1 amide bonds. The molecular weight excluding hydrogens is 478 g/mol.